The molecule has 2 atom stereocenters. The zero-order valence-electron chi connectivity index (χ0n) is 15.9. The maximum Gasteiger partial charge on any atom is 0.167 e. The second-order valence-corrected chi connectivity index (χ2v) is 9.68. The Balaban J connectivity index is 1.81. The predicted molar refractivity (Wildman–Crippen MR) is 108 cm³/mol. The number of ether oxygens (including phenoxy) is 2. The summed E-state index contributed by atoms with van der Waals surface area (Å²) in [6.45, 7) is 4.97. The number of aromatic nitrogens is 3. The number of hydrogen-bond acceptors (Lipinski definition) is 9. The molecule has 2 aromatic heterocycles. The lowest BCUT2D eigenvalue weighted by molar-refractivity contribution is 0.0431. The van der Waals surface area contributed by atoms with Gasteiger partial charge in [-0.25, -0.2) is 19.2 Å². The molecule has 28 heavy (non-hydrogen) atoms. The van der Waals surface area contributed by atoms with Gasteiger partial charge in [-0.15, -0.1) is 0 Å². The quantitative estimate of drug-likeness (QED) is 0.814. The molecule has 0 aromatic carbocycles. The summed E-state index contributed by atoms with van der Waals surface area (Å²) in [4.78, 5) is 15.5. The summed E-state index contributed by atoms with van der Waals surface area (Å²) >= 11 is 0. The summed E-state index contributed by atoms with van der Waals surface area (Å²) in [5.74, 6) is 1.99. The lowest BCUT2D eigenvalue weighted by atomic mass is 10.2. The fourth-order valence-electron chi connectivity index (χ4n) is 3.13. The van der Waals surface area contributed by atoms with Crippen LogP contribution in [0.5, 0.6) is 0 Å². The highest BCUT2D eigenvalue weighted by atomic mass is 32.2. The summed E-state index contributed by atoms with van der Waals surface area (Å²) in [5, 5.41) is -0.0757. The second-order valence-electron chi connectivity index (χ2n) is 7.11. The Labute approximate surface area is 164 Å². The molecule has 0 amide bonds. The third-order valence-corrected chi connectivity index (χ3v) is 6.96. The SMILES string of the molecule is CC1COCCN1c1cc(N=S(C)(=O)C2COC2)nc(-c2ccnc(N)c2)n1. The normalized spacial score (nSPS) is 22.4. The van der Waals surface area contributed by atoms with E-state index < -0.39 is 9.73 Å². The van der Waals surface area contributed by atoms with Crippen LogP contribution in [0.3, 0.4) is 0 Å². The van der Waals surface area contributed by atoms with Crippen LogP contribution in [0.2, 0.25) is 0 Å². The highest BCUT2D eigenvalue weighted by Crippen LogP contribution is 2.28. The summed E-state index contributed by atoms with van der Waals surface area (Å²) in [5.41, 5.74) is 6.56. The molecule has 2 aromatic rings. The van der Waals surface area contributed by atoms with Crippen LogP contribution >= 0.6 is 0 Å². The zero-order valence-corrected chi connectivity index (χ0v) is 16.8. The van der Waals surface area contributed by atoms with Crippen molar-refractivity contribution in [2.45, 2.75) is 18.2 Å². The Bertz CT molecular complexity index is 987. The Kier molecular flexibility index (Phi) is 5.17. The van der Waals surface area contributed by atoms with Crippen molar-refractivity contribution >= 4 is 27.2 Å². The standard InChI is InChI=1S/C18H24N6O3S/c1-12-9-26-6-5-24(12)17-8-16(23-28(2,25)14-10-27-11-14)21-18(22-17)13-3-4-20-15(19)7-13/h3-4,7-8,12,14H,5-6,9-11H2,1-2H3,(H2,19,20). The van der Waals surface area contributed by atoms with Gasteiger partial charge in [0.2, 0.25) is 0 Å². The van der Waals surface area contributed by atoms with E-state index >= 15 is 0 Å². The third-order valence-electron chi connectivity index (χ3n) is 4.90. The number of nitrogens with two attached hydrogens (primary N) is 1. The molecule has 10 heteroatoms. The molecule has 0 saturated carbocycles. The van der Waals surface area contributed by atoms with Crippen molar-refractivity contribution < 1.29 is 13.7 Å². The Morgan fingerprint density at radius 2 is 2.07 bits per heavy atom. The van der Waals surface area contributed by atoms with Gasteiger partial charge >= 0.3 is 0 Å². The van der Waals surface area contributed by atoms with Crippen LogP contribution in [0, 0.1) is 0 Å². The van der Waals surface area contributed by atoms with Gasteiger partial charge in [-0.1, -0.05) is 0 Å². The molecule has 9 nitrogen and oxygen atoms in total. The summed E-state index contributed by atoms with van der Waals surface area (Å²) in [7, 11) is -2.47. The minimum Gasteiger partial charge on any atom is -0.384 e. The van der Waals surface area contributed by atoms with Crippen LogP contribution in [0.1, 0.15) is 6.92 Å². The molecule has 0 aliphatic carbocycles. The maximum atomic E-state index is 13.0. The molecular formula is C18H24N6O3S. The number of nitrogen functional groups attached to an aromatic ring is 1. The van der Waals surface area contributed by atoms with Gasteiger partial charge < -0.3 is 20.1 Å². The summed E-state index contributed by atoms with van der Waals surface area (Å²) in [6.07, 6.45) is 3.27. The monoisotopic (exact) mass is 404 g/mol. The Hall–Kier alpha value is -2.30. The summed E-state index contributed by atoms with van der Waals surface area (Å²) in [6, 6.07) is 5.47. The number of anilines is 2. The van der Waals surface area contributed by atoms with Crippen LogP contribution in [0.15, 0.2) is 28.8 Å². The van der Waals surface area contributed by atoms with E-state index in [0.29, 0.717) is 50.4 Å². The van der Waals surface area contributed by atoms with Crippen LogP contribution in [0.25, 0.3) is 11.4 Å². The first-order valence-corrected chi connectivity index (χ1v) is 11.1. The molecule has 4 rings (SSSR count). The fraction of sp³-hybridized carbons (Fsp3) is 0.500. The molecule has 150 valence electrons. The first-order chi connectivity index (χ1) is 13.4. The average Bonchev–Trinajstić information content (AvgIpc) is 2.59. The molecular weight excluding hydrogens is 380 g/mol. The van der Waals surface area contributed by atoms with Gasteiger partial charge in [0.15, 0.2) is 11.6 Å². The highest BCUT2D eigenvalue weighted by Gasteiger charge is 2.28. The van der Waals surface area contributed by atoms with Crippen molar-refractivity contribution in [3.8, 4) is 11.4 Å². The van der Waals surface area contributed by atoms with E-state index in [1.807, 2.05) is 0 Å². The van der Waals surface area contributed by atoms with Gasteiger partial charge in [0.25, 0.3) is 0 Å². The fourth-order valence-corrected chi connectivity index (χ4v) is 4.44. The van der Waals surface area contributed by atoms with Gasteiger partial charge in [-0.05, 0) is 19.1 Å². The van der Waals surface area contributed by atoms with Gasteiger partial charge in [-0.2, -0.15) is 4.36 Å². The van der Waals surface area contributed by atoms with E-state index in [0.717, 1.165) is 11.4 Å². The van der Waals surface area contributed by atoms with Gasteiger partial charge in [-0.3, -0.25) is 0 Å². The molecule has 2 unspecified atom stereocenters. The lowest BCUT2D eigenvalue weighted by Gasteiger charge is -2.34. The predicted octanol–water partition coefficient (Wildman–Crippen LogP) is 1.47. The Morgan fingerprint density at radius 3 is 2.75 bits per heavy atom. The number of nitrogens with zero attached hydrogens (tertiary/aromatic N) is 5. The van der Waals surface area contributed by atoms with Gasteiger partial charge in [0, 0.05) is 30.6 Å². The number of morpholine rings is 1. The zero-order chi connectivity index (χ0) is 19.7. The molecule has 2 fully saturated rings. The van der Waals surface area contributed by atoms with Crippen molar-refractivity contribution in [2.75, 3.05) is 49.9 Å². The molecule has 0 radical (unpaired) electrons. The lowest BCUT2D eigenvalue weighted by Crippen LogP contribution is -2.44. The number of pyridine rings is 1. The average molecular weight is 404 g/mol. The van der Waals surface area contributed by atoms with E-state index in [1.165, 1.54) is 0 Å². The van der Waals surface area contributed by atoms with Crippen molar-refractivity contribution in [3.63, 3.8) is 0 Å². The highest BCUT2D eigenvalue weighted by molar-refractivity contribution is 7.93. The molecule has 2 aliphatic heterocycles. The second kappa shape index (κ2) is 7.61. The molecule has 2 aliphatic rings. The molecule has 4 heterocycles. The minimum atomic E-state index is -2.47. The van der Waals surface area contributed by atoms with E-state index in [4.69, 9.17) is 20.2 Å². The van der Waals surface area contributed by atoms with Crippen molar-refractivity contribution in [2.24, 2.45) is 4.36 Å². The first kappa shape index (κ1) is 19.0. The van der Waals surface area contributed by atoms with Crippen LogP contribution in [-0.2, 0) is 19.2 Å². The minimum absolute atomic E-state index is 0.0757. The van der Waals surface area contributed by atoms with E-state index in [9.17, 15) is 4.21 Å². The number of rotatable bonds is 4. The van der Waals surface area contributed by atoms with Crippen LogP contribution in [-0.4, -0.2) is 69.7 Å². The maximum absolute atomic E-state index is 13.0. The molecule has 2 saturated heterocycles. The van der Waals surface area contributed by atoms with E-state index in [2.05, 4.69) is 26.2 Å². The van der Waals surface area contributed by atoms with Crippen molar-refractivity contribution in [1.29, 1.82) is 0 Å². The summed E-state index contributed by atoms with van der Waals surface area (Å²) < 4.78 is 28.2. The molecule has 0 spiro atoms. The van der Waals surface area contributed by atoms with Crippen molar-refractivity contribution in [1.82, 2.24) is 15.0 Å². The molecule has 2 N–H and O–H groups in total. The number of hydrogen-bond donors (Lipinski definition) is 1. The molecule has 0 bridgehead atoms. The smallest absolute Gasteiger partial charge is 0.167 e. The van der Waals surface area contributed by atoms with Crippen molar-refractivity contribution in [3.05, 3.63) is 24.4 Å². The van der Waals surface area contributed by atoms with Gasteiger partial charge in [0.05, 0.1) is 47.4 Å². The van der Waals surface area contributed by atoms with E-state index in [-0.39, 0.29) is 11.3 Å². The third kappa shape index (κ3) is 3.94. The largest absolute Gasteiger partial charge is 0.384 e. The van der Waals surface area contributed by atoms with E-state index in [1.54, 1.807) is 30.7 Å². The van der Waals surface area contributed by atoms with Crippen LogP contribution < -0.4 is 10.6 Å². The topological polar surface area (TPSA) is 116 Å². The first-order valence-electron chi connectivity index (χ1n) is 9.16. The van der Waals surface area contributed by atoms with Crippen LogP contribution in [0.4, 0.5) is 17.5 Å². The Morgan fingerprint density at radius 1 is 1.25 bits per heavy atom. The van der Waals surface area contributed by atoms with Gasteiger partial charge in [0.1, 0.15) is 11.6 Å².